The fourth-order valence-electron chi connectivity index (χ4n) is 1.39. The minimum absolute atomic E-state index is 1.08. The third-order valence-corrected chi connectivity index (χ3v) is 2.45. The Morgan fingerprint density at radius 1 is 1.21 bits per heavy atom. The predicted molar refractivity (Wildman–Crippen MR) is 64.7 cm³/mol. The number of hydrogen-bond donors (Lipinski definition) is 1. The van der Waals surface area contributed by atoms with Crippen molar-refractivity contribution < 1.29 is 0 Å². The third-order valence-electron chi connectivity index (χ3n) is 2.45. The molecule has 0 saturated heterocycles. The molecule has 84 valence electrons. The van der Waals surface area contributed by atoms with E-state index in [4.69, 9.17) is 0 Å². The van der Waals surface area contributed by atoms with Gasteiger partial charge >= 0.3 is 0 Å². The van der Waals surface area contributed by atoms with Crippen molar-refractivity contribution in [2.45, 2.75) is 33.6 Å². The van der Waals surface area contributed by atoms with Crippen LogP contribution in [0.25, 0.3) is 0 Å². The summed E-state index contributed by atoms with van der Waals surface area (Å²) in [7, 11) is 0. The van der Waals surface area contributed by atoms with Crippen LogP contribution in [0.4, 0.5) is 0 Å². The van der Waals surface area contributed by atoms with Crippen LogP contribution in [-0.2, 0) is 0 Å². The molecule has 1 N–H and O–H groups in total. The molecule has 0 unspecified atom stereocenters. The average Bonchev–Trinajstić information content (AvgIpc) is 2.16. The van der Waals surface area contributed by atoms with E-state index < -0.39 is 0 Å². The Morgan fingerprint density at radius 3 is 2.36 bits per heavy atom. The lowest BCUT2D eigenvalue weighted by Crippen LogP contribution is -2.27. The van der Waals surface area contributed by atoms with Gasteiger partial charge in [0, 0.05) is 0 Å². The van der Waals surface area contributed by atoms with Crippen LogP contribution in [0.2, 0.25) is 0 Å². The van der Waals surface area contributed by atoms with E-state index in [-0.39, 0.29) is 0 Å². The van der Waals surface area contributed by atoms with Gasteiger partial charge in [-0.2, -0.15) is 0 Å². The normalized spacial score (nSPS) is 10.9. The molecule has 0 fully saturated rings. The fraction of sp³-hybridized carbons (Fsp3) is 0.833. The minimum atomic E-state index is 1.08. The molecule has 0 amide bonds. The Labute approximate surface area is 89.4 Å². The molecule has 0 aliphatic carbocycles. The fourth-order valence-corrected chi connectivity index (χ4v) is 1.39. The smallest absolute Gasteiger partial charge is 0.000687 e. The van der Waals surface area contributed by atoms with Crippen LogP contribution in [0.3, 0.4) is 0 Å². The predicted octanol–water partition coefficient (Wildman–Crippen LogP) is 2.27. The number of hydrogen-bond acceptors (Lipinski definition) is 2. The first-order valence-electron chi connectivity index (χ1n) is 5.78. The van der Waals surface area contributed by atoms with Gasteiger partial charge in [0.1, 0.15) is 0 Å². The van der Waals surface area contributed by atoms with E-state index in [1.807, 2.05) is 0 Å². The van der Waals surface area contributed by atoms with Crippen molar-refractivity contribution >= 4 is 0 Å². The van der Waals surface area contributed by atoms with Gasteiger partial charge in [0.15, 0.2) is 0 Å². The van der Waals surface area contributed by atoms with Crippen molar-refractivity contribution in [3.05, 3.63) is 12.2 Å². The van der Waals surface area contributed by atoms with Crippen molar-refractivity contribution in [2.75, 3.05) is 32.7 Å². The van der Waals surface area contributed by atoms with Crippen LogP contribution in [0, 0.1) is 0 Å². The topological polar surface area (TPSA) is 15.3 Å². The summed E-state index contributed by atoms with van der Waals surface area (Å²) in [6.45, 7) is 16.2. The summed E-state index contributed by atoms with van der Waals surface area (Å²) in [6, 6.07) is 0. The first-order valence-corrected chi connectivity index (χ1v) is 5.78. The van der Waals surface area contributed by atoms with Gasteiger partial charge in [-0.1, -0.05) is 19.4 Å². The van der Waals surface area contributed by atoms with Gasteiger partial charge in [-0.3, -0.25) is 0 Å². The first kappa shape index (κ1) is 13.7. The highest BCUT2D eigenvalue weighted by Crippen LogP contribution is 1.93. The highest BCUT2D eigenvalue weighted by atomic mass is 15.1. The monoisotopic (exact) mass is 198 g/mol. The molecule has 0 aromatic carbocycles. The van der Waals surface area contributed by atoms with E-state index in [9.17, 15) is 0 Å². The molecule has 0 heterocycles. The zero-order valence-electron chi connectivity index (χ0n) is 10.1. The molecule has 2 nitrogen and oxygen atoms in total. The summed E-state index contributed by atoms with van der Waals surface area (Å²) in [5.74, 6) is 0. The molecule has 0 radical (unpaired) electrons. The highest BCUT2D eigenvalue weighted by molar-refractivity contribution is 4.88. The average molecular weight is 198 g/mol. The molecular weight excluding hydrogens is 172 g/mol. The van der Waals surface area contributed by atoms with E-state index >= 15 is 0 Å². The Morgan fingerprint density at radius 2 is 1.86 bits per heavy atom. The van der Waals surface area contributed by atoms with E-state index in [0.29, 0.717) is 0 Å². The van der Waals surface area contributed by atoms with Crippen LogP contribution in [0.5, 0.6) is 0 Å². The van der Waals surface area contributed by atoms with Gasteiger partial charge in [0.25, 0.3) is 0 Å². The first-order chi connectivity index (χ1) is 6.70. The van der Waals surface area contributed by atoms with Crippen LogP contribution >= 0.6 is 0 Å². The van der Waals surface area contributed by atoms with E-state index in [2.05, 4.69) is 37.6 Å². The second kappa shape index (κ2) is 9.22. The number of rotatable bonds is 9. The van der Waals surface area contributed by atoms with Crippen LogP contribution in [0.15, 0.2) is 12.2 Å². The lowest BCUT2D eigenvalue weighted by Gasteiger charge is -2.17. The lowest BCUT2D eigenvalue weighted by molar-refractivity contribution is 0.298. The van der Waals surface area contributed by atoms with E-state index in [0.717, 1.165) is 19.5 Å². The molecular formula is C12H26N2. The molecule has 0 rings (SSSR count). The Balaban J connectivity index is 3.16. The van der Waals surface area contributed by atoms with Crippen molar-refractivity contribution in [1.82, 2.24) is 10.2 Å². The molecule has 2 heteroatoms. The maximum absolute atomic E-state index is 3.88. The van der Waals surface area contributed by atoms with Gasteiger partial charge in [0.05, 0.1) is 0 Å². The zero-order chi connectivity index (χ0) is 10.8. The van der Waals surface area contributed by atoms with Crippen molar-refractivity contribution in [1.29, 1.82) is 0 Å². The number of nitrogens with one attached hydrogen (secondary N) is 1. The molecule has 0 atom stereocenters. The Hall–Kier alpha value is -0.340. The second-order valence-corrected chi connectivity index (χ2v) is 3.84. The summed E-state index contributed by atoms with van der Waals surface area (Å²) < 4.78 is 0. The molecule has 14 heavy (non-hydrogen) atoms. The van der Waals surface area contributed by atoms with Gasteiger partial charge < -0.3 is 10.2 Å². The quantitative estimate of drug-likeness (QED) is 0.452. The highest BCUT2D eigenvalue weighted by Gasteiger charge is 1.97. The van der Waals surface area contributed by atoms with E-state index in [1.165, 1.54) is 31.6 Å². The molecule has 0 spiro atoms. The third kappa shape index (κ3) is 8.27. The van der Waals surface area contributed by atoms with Gasteiger partial charge in [-0.25, -0.2) is 0 Å². The summed E-state index contributed by atoms with van der Waals surface area (Å²) in [6.07, 6.45) is 2.35. The van der Waals surface area contributed by atoms with Crippen LogP contribution in [0.1, 0.15) is 33.6 Å². The van der Waals surface area contributed by atoms with Gasteiger partial charge in [-0.05, 0) is 52.5 Å². The van der Waals surface area contributed by atoms with Crippen molar-refractivity contribution in [3.8, 4) is 0 Å². The largest absolute Gasteiger partial charge is 0.316 e. The van der Waals surface area contributed by atoms with Gasteiger partial charge in [-0.15, -0.1) is 6.58 Å². The summed E-state index contributed by atoms with van der Waals surface area (Å²) in [4.78, 5) is 2.46. The van der Waals surface area contributed by atoms with Crippen LogP contribution < -0.4 is 5.32 Å². The molecule has 0 bridgehead atoms. The molecule has 0 aromatic heterocycles. The Bertz CT molecular complexity index is 139. The summed E-state index contributed by atoms with van der Waals surface area (Å²) in [5, 5.41) is 3.43. The lowest BCUT2D eigenvalue weighted by atomic mass is 10.2. The zero-order valence-corrected chi connectivity index (χ0v) is 10.1. The molecule has 0 saturated carbocycles. The van der Waals surface area contributed by atoms with Crippen molar-refractivity contribution in [2.24, 2.45) is 0 Å². The van der Waals surface area contributed by atoms with Crippen molar-refractivity contribution in [3.63, 3.8) is 0 Å². The second-order valence-electron chi connectivity index (χ2n) is 3.84. The minimum Gasteiger partial charge on any atom is -0.316 e. The SMILES string of the molecule is C=C(C)CCNCCCN(CC)CC. The summed E-state index contributed by atoms with van der Waals surface area (Å²) in [5.41, 5.74) is 1.27. The molecule has 0 aromatic rings. The maximum Gasteiger partial charge on any atom is -0.000687 e. The van der Waals surface area contributed by atoms with Gasteiger partial charge in [0.2, 0.25) is 0 Å². The molecule has 0 aliphatic rings. The maximum atomic E-state index is 3.88. The summed E-state index contributed by atoms with van der Waals surface area (Å²) >= 11 is 0. The number of nitrogens with zero attached hydrogens (tertiary/aromatic N) is 1. The Kier molecular flexibility index (Phi) is 9.00. The van der Waals surface area contributed by atoms with E-state index in [1.54, 1.807) is 0 Å². The molecule has 0 aliphatic heterocycles. The standard InChI is InChI=1S/C12H26N2/c1-5-14(6-2)11-7-9-13-10-8-12(3)4/h13H,3,5-11H2,1-2,4H3. The van der Waals surface area contributed by atoms with Crippen LogP contribution in [-0.4, -0.2) is 37.6 Å².